The Balaban J connectivity index is 3.60. The first-order valence-electron chi connectivity index (χ1n) is 5.15. The Morgan fingerprint density at radius 3 is 2.39 bits per heavy atom. The standard InChI is InChI=1S/C12H11F3O3/c1-3-18-10-5-8(6-16)4-9(12(13,14)15)11(10)7(2)17/h4-6H,3H2,1-2H3. The molecule has 1 aromatic carbocycles. The van der Waals surface area contributed by atoms with Gasteiger partial charge in [0.25, 0.3) is 0 Å². The lowest BCUT2D eigenvalue weighted by atomic mass is 9.99. The van der Waals surface area contributed by atoms with Crippen LogP contribution in [0.4, 0.5) is 13.2 Å². The molecule has 18 heavy (non-hydrogen) atoms. The Morgan fingerprint density at radius 2 is 2.00 bits per heavy atom. The number of halogens is 3. The molecule has 0 fully saturated rings. The molecule has 6 heteroatoms. The van der Waals surface area contributed by atoms with Gasteiger partial charge in [0.05, 0.1) is 17.7 Å². The van der Waals surface area contributed by atoms with Crippen molar-refractivity contribution in [3.8, 4) is 5.75 Å². The molecule has 0 aliphatic rings. The number of rotatable bonds is 4. The minimum atomic E-state index is -4.72. The Kier molecular flexibility index (Phi) is 4.11. The molecule has 0 saturated heterocycles. The van der Waals surface area contributed by atoms with E-state index in [4.69, 9.17) is 4.74 Å². The van der Waals surface area contributed by atoms with Gasteiger partial charge in [0.2, 0.25) is 0 Å². The van der Waals surface area contributed by atoms with Crippen molar-refractivity contribution in [1.82, 2.24) is 0 Å². The highest BCUT2D eigenvalue weighted by atomic mass is 19.4. The lowest BCUT2D eigenvalue weighted by Crippen LogP contribution is -2.14. The highest BCUT2D eigenvalue weighted by Crippen LogP contribution is 2.37. The second-order valence-corrected chi connectivity index (χ2v) is 3.55. The van der Waals surface area contributed by atoms with Gasteiger partial charge >= 0.3 is 6.18 Å². The number of Topliss-reactive ketones (excluding diaryl/α,β-unsaturated/α-hetero) is 1. The van der Waals surface area contributed by atoms with Crippen molar-refractivity contribution in [2.24, 2.45) is 0 Å². The third kappa shape index (κ3) is 2.88. The largest absolute Gasteiger partial charge is 0.493 e. The molecule has 0 unspecified atom stereocenters. The first-order valence-corrected chi connectivity index (χ1v) is 5.15. The summed E-state index contributed by atoms with van der Waals surface area (Å²) in [6.07, 6.45) is -4.44. The maximum absolute atomic E-state index is 12.8. The molecule has 0 N–H and O–H groups in total. The van der Waals surface area contributed by atoms with Crippen LogP contribution in [0.1, 0.15) is 40.1 Å². The van der Waals surface area contributed by atoms with Crippen molar-refractivity contribution in [1.29, 1.82) is 0 Å². The van der Waals surface area contributed by atoms with Crippen LogP contribution in [0.15, 0.2) is 12.1 Å². The molecule has 0 aliphatic heterocycles. The fraction of sp³-hybridized carbons (Fsp3) is 0.333. The van der Waals surface area contributed by atoms with E-state index in [0.29, 0.717) is 6.07 Å². The van der Waals surface area contributed by atoms with Gasteiger partial charge in [0.1, 0.15) is 12.0 Å². The zero-order valence-corrected chi connectivity index (χ0v) is 9.80. The number of alkyl halides is 3. The van der Waals surface area contributed by atoms with Gasteiger partial charge in [-0.25, -0.2) is 0 Å². The van der Waals surface area contributed by atoms with Crippen molar-refractivity contribution in [2.45, 2.75) is 20.0 Å². The summed E-state index contributed by atoms with van der Waals surface area (Å²) in [5.41, 5.74) is -1.88. The van der Waals surface area contributed by atoms with Crippen LogP contribution in [0.2, 0.25) is 0 Å². The fourth-order valence-corrected chi connectivity index (χ4v) is 1.56. The summed E-state index contributed by atoms with van der Waals surface area (Å²) in [5.74, 6) is -0.981. The Labute approximate surface area is 102 Å². The minimum Gasteiger partial charge on any atom is -0.493 e. The van der Waals surface area contributed by atoms with Crippen molar-refractivity contribution in [2.75, 3.05) is 6.61 Å². The van der Waals surface area contributed by atoms with Crippen LogP contribution in [0.5, 0.6) is 5.75 Å². The average molecular weight is 260 g/mol. The van der Waals surface area contributed by atoms with E-state index < -0.39 is 23.1 Å². The second kappa shape index (κ2) is 5.20. The lowest BCUT2D eigenvalue weighted by Gasteiger charge is -2.16. The SMILES string of the molecule is CCOc1cc(C=O)cc(C(F)(F)F)c1C(C)=O. The number of aldehydes is 1. The molecular weight excluding hydrogens is 249 g/mol. The van der Waals surface area contributed by atoms with E-state index >= 15 is 0 Å². The number of hydrogen-bond acceptors (Lipinski definition) is 3. The van der Waals surface area contributed by atoms with Crippen LogP contribution in [0.25, 0.3) is 0 Å². The van der Waals surface area contributed by atoms with E-state index in [0.717, 1.165) is 13.0 Å². The van der Waals surface area contributed by atoms with Gasteiger partial charge in [-0.3, -0.25) is 9.59 Å². The minimum absolute atomic E-state index is 0.0971. The molecule has 0 amide bonds. The summed E-state index contributed by atoms with van der Waals surface area (Å²) in [5, 5.41) is 0. The molecule has 0 radical (unpaired) electrons. The monoisotopic (exact) mass is 260 g/mol. The summed E-state index contributed by atoms with van der Waals surface area (Å²) in [6.45, 7) is 2.69. The van der Waals surface area contributed by atoms with Crippen molar-refractivity contribution >= 4 is 12.1 Å². The van der Waals surface area contributed by atoms with E-state index in [-0.39, 0.29) is 24.2 Å². The van der Waals surface area contributed by atoms with Crippen LogP contribution in [-0.4, -0.2) is 18.7 Å². The van der Waals surface area contributed by atoms with Crippen molar-refractivity contribution in [3.05, 3.63) is 28.8 Å². The topological polar surface area (TPSA) is 43.4 Å². The van der Waals surface area contributed by atoms with Crippen LogP contribution in [0, 0.1) is 0 Å². The van der Waals surface area contributed by atoms with Gasteiger partial charge in [0.15, 0.2) is 5.78 Å². The molecular formula is C12H11F3O3. The van der Waals surface area contributed by atoms with Gasteiger partial charge in [-0.05, 0) is 26.0 Å². The van der Waals surface area contributed by atoms with Crippen LogP contribution < -0.4 is 4.74 Å². The predicted molar refractivity (Wildman–Crippen MR) is 58.0 cm³/mol. The lowest BCUT2D eigenvalue weighted by molar-refractivity contribution is -0.138. The highest BCUT2D eigenvalue weighted by molar-refractivity contribution is 5.99. The molecule has 3 nitrogen and oxygen atoms in total. The number of carbonyl (C=O) groups is 2. The maximum Gasteiger partial charge on any atom is 0.417 e. The number of ketones is 1. The molecule has 0 aromatic heterocycles. The van der Waals surface area contributed by atoms with Gasteiger partial charge < -0.3 is 4.74 Å². The maximum atomic E-state index is 12.8. The quantitative estimate of drug-likeness (QED) is 0.617. The van der Waals surface area contributed by atoms with E-state index in [9.17, 15) is 22.8 Å². The zero-order valence-electron chi connectivity index (χ0n) is 9.80. The molecule has 0 spiro atoms. The second-order valence-electron chi connectivity index (χ2n) is 3.55. The third-order valence-corrected chi connectivity index (χ3v) is 2.22. The van der Waals surface area contributed by atoms with Gasteiger partial charge in [-0.15, -0.1) is 0 Å². The average Bonchev–Trinajstić information content (AvgIpc) is 2.26. The molecule has 1 aromatic rings. The van der Waals surface area contributed by atoms with Crippen LogP contribution in [0.3, 0.4) is 0 Å². The van der Waals surface area contributed by atoms with Crippen molar-refractivity contribution < 1.29 is 27.5 Å². The molecule has 0 saturated carbocycles. The van der Waals surface area contributed by atoms with Gasteiger partial charge in [0, 0.05) is 5.56 Å². The highest BCUT2D eigenvalue weighted by Gasteiger charge is 2.36. The predicted octanol–water partition coefficient (Wildman–Crippen LogP) is 3.12. The van der Waals surface area contributed by atoms with Crippen LogP contribution in [-0.2, 0) is 6.18 Å². The molecule has 0 aliphatic carbocycles. The third-order valence-electron chi connectivity index (χ3n) is 2.22. The molecule has 0 atom stereocenters. The van der Waals surface area contributed by atoms with E-state index in [1.54, 1.807) is 6.92 Å². The van der Waals surface area contributed by atoms with Gasteiger partial charge in [-0.2, -0.15) is 13.2 Å². The Bertz CT molecular complexity index is 478. The van der Waals surface area contributed by atoms with E-state index in [1.165, 1.54) is 0 Å². The number of benzene rings is 1. The molecule has 0 heterocycles. The van der Waals surface area contributed by atoms with E-state index in [1.807, 2.05) is 0 Å². The number of carbonyl (C=O) groups excluding carboxylic acids is 2. The zero-order chi connectivity index (χ0) is 13.9. The van der Waals surface area contributed by atoms with Crippen LogP contribution >= 0.6 is 0 Å². The van der Waals surface area contributed by atoms with Crippen molar-refractivity contribution in [3.63, 3.8) is 0 Å². The normalized spacial score (nSPS) is 11.2. The smallest absolute Gasteiger partial charge is 0.417 e. The van der Waals surface area contributed by atoms with E-state index in [2.05, 4.69) is 0 Å². The summed E-state index contributed by atoms with van der Waals surface area (Å²) in [4.78, 5) is 22.0. The summed E-state index contributed by atoms with van der Waals surface area (Å²) in [6, 6.07) is 1.77. The molecule has 1 rings (SSSR count). The Hall–Kier alpha value is -1.85. The fourth-order valence-electron chi connectivity index (χ4n) is 1.56. The Morgan fingerprint density at radius 1 is 1.39 bits per heavy atom. The number of hydrogen-bond donors (Lipinski definition) is 0. The molecule has 98 valence electrons. The summed E-state index contributed by atoms with van der Waals surface area (Å²) in [7, 11) is 0. The molecule has 0 bridgehead atoms. The first kappa shape index (κ1) is 14.2. The summed E-state index contributed by atoms with van der Waals surface area (Å²) >= 11 is 0. The first-order chi connectivity index (χ1) is 8.31. The summed E-state index contributed by atoms with van der Waals surface area (Å²) < 4.78 is 43.5. The van der Waals surface area contributed by atoms with Gasteiger partial charge in [-0.1, -0.05) is 0 Å². The number of ether oxygens (including phenoxy) is 1.